The minimum absolute atomic E-state index is 0.0214. The maximum Gasteiger partial charge on any atom is 0.416 e. The predicted molar refractivity (Wildman–Crippen MR) is 129 cm³/mol. The van der Waals surface area contributed by atoms with Gasteiger partial charge in [0.25, 0.3) is 0 Å². The number of methoxy groups -OCH3 is 1. The summed E-state index contributed by atoms with van der Waals surface area (Å²) < 4.78 is 54.9. The smallest absolute Gasteiger partial charge is 0.416 e. The fraction of sp³-hybridized carbons (Fsp3) is 0.462. The summed E-state index contributed by atoms with van der Waals surface area (Å²) in [6, 6.07) is 9.98. The van der Waals surface area contributed by atoms with Gasteiger partial charge in [0, 0.05) is 13.1 Å². The third-order valence-corrected chi connectivity index (χ3v) is 6.37. The summed E-state index contributed by atoms with van der Waals surface area (Å²) in [6.45, 7) is 7.63. The molecule has 0 aliphatic carbocycles. The average molecular weight is 506 g/mol. The first kappa shape index (κ1) is 25.7. The number of carbonyl (C=O) groups excluding carboxylic acids is 1. The summed E-state index contributed by atoms with van der Waals surface area (Å²) in [4.78, 5) is 28.1. The molecule has 1 aliphatic rings. The Morgan fingerprint density at radius 3 is 2.39 bits per heavy atom. The van der Waals surface area contributed by atoms with Crippen LogP contribution in [-0.2, 0) is 17.5 Å². The summed E-state index contributed by atoms with van der Waals surface area (Å²) >= 11 is 0. The van der Waals surface area contributed by atoms with E-state index in [4.69, 9.17) is 9.47 Å². The lowest BCUT2D eigenvalue weighted by Crippen LogP contribution is -2.36. The van der Waals surface area contributed by atoms with Gasteiger partial charge < -0.3 is 14.4 Å². The molecule has 36 heavy (non-hydrogen) atoms. The average Bonchev–Trinajstić information content (AvgIpc) is 3.29. The Hall–Kier alpha value is -3.43. The molecule has 10 heteroatoms. The van der Waals surface area contributed by atoms with Gasteiger partial charge in [-0.3, -0.25) is 9.13 Å². The van der Waals surface area contributed by atoms with Gasteiger partial charge in [0.1, 0.15) is 16.9 Å². The van der Waals surface area contributed by atoms with Gasteiger partial charge >= 0.3 is 18.0 Å². The number of benzene rings is 2. The number of rotatable bonds is 4. The molecule has 3 aromatic rings. The maximum atomic E-state index is 13.8. The van der Waals surface area contributed by atoms with Gasteiger partial charge in [-0.05, 0) is 50.5 Å². The van der Waals surface area contributed by atoms with Gasteiger partial charge in [0.15, 0.2) is 0 Å². The third-order valence-electron chi connectivity index (χ3n) is 6.37. The van der Waals surface area contributed by atoms with E-state index < -0.39 is 35.2 Å². The molecule has 1 aromatic heterocycles. The number of alkyl halides is 3. The first-order valence-corrected chi connectivity index (χ1v) is 11.7. The first-order chi connectivity index (χ1) is 16.8. The molecule has 0 saturated carbocycles. The van der Waals surface area contributed by atoms with Crippen LogP contribution >= 0.6 is 0 Å². The van der Waals surface area contributed by atoms with E-state index in [0.717, 1.165) is 6.07 Å². The van der Waals surface area contributed by atoms with Gasteiger partial charge in [-0.1, -0.05) is 31.2 Å². The highest BCUT2D eigenvalue weighted by Gasteiger charge is 2.38. The summed E-state index contributed by atoms with van der Waals surface area (Å²) in [5.74, 6) is 0.283. The molecule has 0 radical (unpaired) electrons. The van der Waals surface area contributed by atoms with Crippen LogP contribution in [0.4, 0.5) is 18.0 Å². The van der Waals surface area contributed by atoms with Crippen LogP contribution in [0.2, 0.25) is 0 Å². The van der Waals surface area contributed by atoms with E-state index in [1.165, 1.54) is 29.9 Å². The summed E-state index contributed by atoms with van der Waals surface area (Å²) in [5, 5.41) is 0. The van der Waals surface area contributed by atoms with Gasteiger partial charge in [0.2, 0.25) is 0 Å². The van der Waals surface area contributed by atoms with Crippen molar-refractivity contribution in [3.05, 3.63) is 64.1 Å². The Kier molecular flexibility index (Phi) is 6.57. The molecule has 1 fully saturated rings. The van der Waals surface area contributed by atoms with E-state index in [1.54, 1.807) is 48.4 Å². The maximum absolute atomic E-state index is 13.8. The van der Waals surface area contributed by atoms with E-state index in [-0.39, 0.29) is 24.6 Å². The lowest BCUT2D eigenvalue weighted by Gasteiger charge is -2.24. The fourth-order valence-electron chi connectivity index (χ4n) is 4.80. The molecule has 2 unspecified atom stereocenters. The first-order valence-electron chi connectivity index (χ1n) is 11.7. The highest BCUT2D eigenvalue weighted by molar-refractivity contribution is 5.83. The van der Waals surface area contributed by atoms with E-state index in [0.29, 0.717) is 23.3 Å². The van der Waals surface area contributed by atoms with Crippen molar-refractivity contribution in [1.29, 1.82) is 0 Å². The molecule has 1 aliphatic heterocycles. The van der Waals surface area contributed by atoms with Gasteiger partial charge in [0.05, 0.1) is 30.8 Å². The highest BCUT2D eigenvalue weighted by Crippen LogP contribution is 2.35. The number of aromatic nitrogens is 2. The molecular weight excluding hydrogens is 475 g/mol. The topological polar surface area (TPSA) is 65.7 Å². The molecule has 1 amide bonds. The molecule has 0 spiro atoms. The number of carbonyl (C=O) groups is 1. The molecule has 4 rings (SSSR count). The van der Waals surface area contributed by atoms with Crippen LogP contribution in [0.25, 0.3) is 11.0 Å². The Morgan fingerprint density at radius 1 is 1.06 bits per heavy atom. The van der Waals surface area contributed by atoms with Crippen LogP contribution in [-0.4, -0.2) is 45.9 Å². The van der Waals surface area contributed by atoms with Crippen molar-refractivity contribution < 1.29 is 27.4 Å². The van der Waals surface area contributed by atoms with Gasteiger partial charge in [-0.25, -0.2) is 9.59 Å². The van der Waals surface area contributed by atoms with Gasteiger partial charge in [-0.2, -0.15) is 13.2 Å². The fourth-order valence-corrected chi connectivity index (χ4v) is 4.80. The second-order valence-electron chi connectivity index (χ2n) is 10.2. The Morgan fingerprint density at radius 2 is 1.75 bits per heavy atom. The second kappa shape index (κ2) is 9.22. The van der Waals surface area contributed by atoms with Crippen molar-refractivity contribution in [2.45, 2.75) is 52.1 Å². The van der Waals surface area contributed by atoms with E-state index in [2.05, 4.69) is 0 Å². The molecule has 0 N–H and O–H groups in total. The number of halogens is 3. The summed E-state index contributed by atoms with van der Waals surface area (Å²) in [7, 11) is 1.45. The van der Waals surface area contributed by atoms with Crippen LogP contribution in [0.15, 0.2) is 47.3 Å². The standard InChI is InChI=1S/C26H30F3N3O4/c1-16-13-30(24(34)36-25(2,3)4)15-20(16)32-19-11-8-12-21(35-5)22(19)31(23(32)33)14-17-9-6-7-10-18(17)26(27,28)29/h6-12,16,20H,13-15H2,1-5H3. The molecule has 1 saturated heterocycles. The second-order valence-corrected chi connectivity index (χ2v) is 10.2. The van der Waals surface area contributed by atoms with E-state index in [1.807, 2.05) is 6.92 Å². The molecule has 2 atom stereocenters. The molecule has 2 heterocycles. The summed E-state index contributed by atoms with van der Waals surface area (Å²) in [5.41, 5.74) is -0.999. The molecular formula is C26H30F3N3O4. The number of amides is 1. The number of para-hydroxylation sites is 1. The number of likely N-dealkylation sites (tertiary alicyclic amines) is 1. The molecule has 2 aromatic carbocycles. The number of hydrogen-bond donors (Lipinski definition) is 0. The molecule has 7 nitrogen and oxygen atoms in total. The zero-order chi connectivity index (χ0) is 26.4. The summed E-state index contributed by atoms with van der Waals surface area (Å²) in [6.07, 6.45) is -5.03. The zero-order valence-corrected chi connectivity index (χ0v) is 20.9. The quantitative estimate of drug-likeness (QED) is 0.482. The lowest BCUT2D eigenvalue weighted by atomic mass is 10.1. The van der Waals surface area contributed by atoms with Crippen molar-refractivity contribution in [2.24, 2.45) is 5.92 Å². The van der Waals surface area contributed by atoms with Crippen molar-refractivity contribution in [1.82, 2.24) is 14.0 Å². The minimum atomic E-state index is -4.56. The molecule has 194 valence electrons. The number of hydrogen-bond acceptors (Lipinski definition) is 4. The SMILES string of the molecule is COc1cccc2c1n(Cc1ccccc1C(F)(F)F)c(=O)n2C1CN(C(=O)OC(C)(C)C)CC1C. The van der Waals surface area contributed by atoms with Crippen molar-refractivity contribution in [2.75, 3.05) is 20.2 Å². The highest BCUT2D eigenvalue weighted by atomic mass is 19.4. The largest absolute Gasteiger partial charge is 0.494 e. The van der Waals surface area contributed by atoms with Crippen LogP contribution in [0.3, 0.4) is 0 Å². The van der Waals surface area contributed by atoms with Crippen LogP contribution < -0.4 is 10.4 Å². The normalized spacial score (nSPS) is 18.6. The third kappa shape index (κ3) is 4.81. The number of ether oxygens (including phenoxy) is 2. The van der Waals surface area contributed by atoms with Crippen molar-refractivity contribution >= 4 is 17.1 Å². The monoisotopic (exact) mass is 505 g/mol. The Bertz CT molecular complexity index is 1340. The number of imidazole rings is 1. The minimum Gasteiger partial charge on any atom is -0.494 e. The van der Waals surface area contributed by atoms with Crippen molar-refractivity contribution in [3.63, 3.8) is 0 Å². The van der Waals surface area contributed by atoms with Crippen LogP contribution in [0, 0.1) is 5.92 Å². The lowest BCUT2D eigenvalue weighted by molar-refractivity contribution is -0.138. The molecule has 0 bridgehead atoms. The van der Waals surface area contributed by atoms with Crippen molar-refractivity contribution in [3.8, 4) is 5.75 Å². The van der Waals surface area contributed by atoms with Crippen LogP contribution in [0.5, 0.6) is 5.75 Å². The Labute approximate surface area is 207 Å². The predicted octanol–water partition coefficient (Wildman–Crippen LogP) is 5.31. The van der Waals surface area contributed by atoms with Gasteiger partial charge in [-0.15, -0.1) is 0 Å². The zero-order valence-electron chi connectivity index (χ0n) is 20.9. The Balaban J connectivity index is 1.82. The van der Waals surface area contributed by atoms with E-state index in [9.17, 15) is 22.8 Å². The number of nitrogens with zero attached hydrogens (tertiary/aromatic N) is 3. The number of fused-ring (bicyclic) bond motifs is 1. The van der Waals surface area contributed by atoms with Crippen LogP contribution in [0.1, 0.15) is 44.9 Å². The van der Waals surface area contributed by atoms with E-state index >= 15 is 0 Å².